The highest BCUT2D eigenvalue weighted by atomic mass is 31.1. The average Bonchev–Trinajstić information content (AvgIpc) is 2.55. The van der Waals surface area contributed by atoms with Gasteiger partial charge in [-0.2, -0.15) is 0 Å². The van der Waals surface area contributed by atoms with E-state index in [0.717, 1.165) is 17.4 Å². The third-order valence-corrected chi connectivity index (χ3v) is 5.80. The maximum Gasteiger partial charge on any atom is 0.126 e. The van der Waals surface area contributed by atoms with Crippen LogP contribution in [0.1, 0.15) is 30.4 Å². The molecule has 1 heterocycles. The Balaban J connectivity index is 1.80. The SMILES string of the molecule is Cc1cccc(Pc2ccccc2CN2CCCCC2)c1O. The molecule has 1 atom stereocenters. The predicted octanol–water partition coefficient (Wildman–Crippen LogP) is 3.32. The summed E-state index contributed by atoms with van der Waals surface area (Å²) < 4.78 is 0. The summed E-state index contributed by atoms with van der Waals surface area (Å²) in [6, 6.07) is 14.7. The summed E-state index contributed by atoms with van der Waals surface area (Å²) in [4.78, 5) is 2.56. The number of hydrogen-bond acceptors (Lipinski definition) is 2. The van der Waals surface area contributed by atoms with Crippen LogP contribution in [-0.4, -0.2) is 23.1 Å². The zero-order valence-corrected chi connectivity index (χ0v) is 14.2. The van der Waals surface area contributed by atoms with Gasteiger partial charge < -0.3 is 5.11 Å². The number of aryl methyl sites for hydroxylation is 1. The number of nitrogens with zero attached hydrogens (tertiary/aromatic N) is 1. The number of hydrogen-bond donors (Lipinski definition) is 1. The molecule has 116 valence electrons. The molecule has 2 aromatic carbocycles. The van der Waals surface area contributed by atoms with Crippen molar-refractivity contribution >= 4 is 19.2 Å². The molecule has 0 spiro atoms. The fraction of sp³-hybridized carbons (Fsp3) is 0.368. The Labute approximate surface area is 135 Å². The number of rotatable bonds is 4. The van der Waals surface area contributed by atoms with E-state index >= 15 is 0 Å². The van der Waals surface area contributed by atoms with Crippen LogP contribution in [0.3, 0.4) is 0 Å². The smallest absolute Gasteiger partial charge is 0.126 e. The van der Waals surface area contributed by atoms with E-state index in [-0.39, 0.29) is 0 Å². The molecule has 0 saturated carbocycles. The van der Waals surface area contributed by atoms with E-state index < -0.39 is 0 Å². The number of benzene rings is 2. The van der Waals surface area contributed by atoms with Gasteiger partial charge in [-0.05, 0) is 49.3 Å². The van der Waals surface area contributed by atoms with Crippen molar-refractivity contribution in [3.8, 4) is 5.75 Å². The van der Waals surface area contributed by atoms with Crippen molar-refractivity contribution in [2.24, 2.45) is 0 Å². The Kier molecular flexibility index (Phi) is 5.12. The zero-order chi connectivity index (χ0) is 15.4. The zero-order valence-electron chi connectivity index (χ0n) is 13.2. The molecule has 1 saturated heterocycles. The first-order valence-corrected chi connectivity index (χ1v) is 9.10. The van der Waals surface area contributed by atoms with Gasteiger partial charge in [-0.15, -0.1) is 0 Å². The highest BCUT2D eigenvalue weighted by Gasteiger charge is 2.13. The molecule has 3 heteroatoms. The largest absolute Gasteiger partial charge is 0.507 e. The lowest BCUT2D eigenvalue weighted by atomic mass is 10.1. The van der Waals surface area contributed by atoms with Crippen molar-refractivity contribution in [3.05, 3.63) is 53.6 Å². The molecule has 1 unspecified atom stereocenters. The molecule has 0 aromatic heterocycles. The average molecular weight is 313 g/mol. The summed E-state index contributed by atoms with van der Waals surface area (Å²) in [6.07, 6.45) is 4.02. The Morgan fingerprint density at radius 1 is 0.955 bits per heavy atom. The minimum Gasteiger partial charge on any atom is -0.507 e. The van der Waals surface area contributed by atoms with Gasteiger partial charge in [0.2, 0.25) is 0 Å². The van der Waals surface area contributed by atoms with Gasteiger partial charge in [-0.3, -0.25) is 4.90 Å². The Morgan fingerprint density at radius 2 is 1.68 bits per heavy atom. The topological polar surface area (TPSA) is 23.5 Å². The number of aromatic hydroxyl groups is 1. The van der Waals surface area contributed by atoms with Crippen molar-refractivity contribution in [1.82, 2.24) is 4.90 Å². The third kappa shape index (κ3) is 3.69. The van der Waals surface area contributed by atoms with Crippen molar-refractivity contribution in [2.75, 3.05) is 13.1 Å². The lowest BCUT2D eigenvalue weighted by Crippen LogP contribution is -2.30. The number of phenolic OH excluding ortho intramolecular Hbond substituents is 1. The molecule has 1 N–H and O–H groups in total. The van der Waals surface area contributed by atoms with Crippen LogP contribution < -0.4 is 10.6 Å². The highest BCUT2D eigenvalue weighted by Crippen LogP contribution is 2.23. The molecule has 0 radical (unpaired) electrons. The van der Waals surface area contributed by atoms with Gasteiger partial charge in [0, 0.05) is 11.8 Å². The van der Waals surface area contributed by atoms with Gasteiger partial charge in [0.05, 0.1) is 0 Å². The minimum atomic E-state index is 0.452. The molecule has 1 aliphatic heterocycles. The van der Waals surface area contributed by atoms with Gasteiger partial charge in [0.25, 0.3) is 0 Å². The summed E-state index contributed by atoms with van der Waals surface area (Å²) in [5.74, 6) is 0.452. The molecule has 1 fully saturated rings. The minimum absolute atomic E-state index is 0.452. The van der Waals surface area contributed by atoms with Crippen molar-refractivity contribution in [2.45, 2.75) is 32.7 Å². The van der Waals surface area contributed by atoms with E-state index in [4.69, 9.17) is 0 Å². The van der Waals surface area contributed by atoms with Gasteiger partial charge >= 0.3 is 0 Å². The molecule has 1 aliphatic rings. The first-order valence-electron chi connectivity index (χ1n) is 8.10. The molecule has 2 aromatic rings. The van der Waals surface area contributed by atoms with Crippen LogP contribution in [0.25, 0.3) is 0 Å². The van der Waals surface area contributed by atoms with E-state index in [9.17, 15) is 5.11 Å². The Bertz CT molecular complexity index is 635. The van der Waals surface area contributed by atoms with Crippen LogP contribution in [0, 0.1) is 6.92 Å². The summed E-state index contributed by atoms with van der Waals surface area (Å²) in [5.41, 5.74) is 2.36. The van der Waals surface area contributed by atoms with Gasteiger partial charge in [-0.25, -0.2) is 0 Å². The fourth-order valence-electron chi connectivity index (χ4n) is 3.04. The molecular weight excluding hydrogens is 289 g/mol. The number of likely N-dealkylation sites (tertiary alicyclic amines) is 1. The van der Waals surface area contributed by atoms with Gasteiger partial charge in [0.1, 0.15) is 5.75 Å². The first kappa shape index (κ1) is 15.5. The Hall–Kier alpha value is -1.37. The number of phenols is 1. The molecule has 3 rings (SSSR count). The van der Waals surface area contributed by atoms with Gasteiger partial charge in [-0.1, -0.05) is 57.5 Å². The quantitative estimate of drug-likeness (QED) is 0.875. The van der Waals surface area contributed by atoms with Crippen molar-refractivity contribution < 1.29 is 5.11 Å². The third-order valence-electron chi connectivity index (χ3n) is 4.37. The second-order valence-corrected chi connectivity index (χ2v) is 7.42. The Morgan fingerprint density at radius 3 is 2.50 bits per heavy atom. The van der Waals surface area contributed by atoms with Crippen LogP contribution in [0.5, 0.6) is 5.75 Å². The second-order valence-electron chi connectivity index (χ2n) is 6.09. The van der Waals surface area contributed by atoms with E-state index in [0.29, 0.717) is 14.3 Å². The normalized spacial score (nSPS) is 16.4. The van der Waals surface area contributed by atoms with Crippen LogP contribution in [-0.2, 0) is 6.54 Å². The van der Waals surface area contributed by atoms with E-state index in [1.165, 1.54) is 43.2 Å². The standard InChI is InChI=1S/C19H24NOP/c1-15-8-7-11-18(19(15)21)22-17-10-4-3-9-16(17)14-20-12-5-2-6-13-20/h3-4,7-11,21-22H,2,5-6,12-14H2,1H3. The summed E-state index contributed by atoms with van der Waals surface area (Å²) >= 11 is 0. The highest BCUT2D eigenvalue weighted by molar-refractivity contribution is 7.55. The van der Waals surface area contributed by atoms with Crippen molar-refractivity contribution in [3.63, 3.8) is 0 Å². The summed E-state index contributed by atoms with van der Waals surface area (Å²) in [5, 5.41) is 12.7. The van der Waals surface area contributed by atoms with E-state index in [1.54, 1.807) is 0 Å². The lowest BCUT2D eigenvalue weighted by Gasteiger charge is -2.27. The molecule has 22 heavy (non-hydrogen) atoms. The molecule has 2 nitrogen and oxygen atoms in total. The predicted molar refractivity (Wildman–Crippen MR) is 96.0 cm³/mol. The number of para-hydroxylation sites is 1. The van der Waals surface area contributed by atoms with Crippen LogP contribution >= 0.6 is 8.58 Å². The van der Waals surface area contributed by atoms with E-state index in [2.05, 4.69) is 29.2 Å². The molecular formula is C19H24NOP. The second kappa shape index (κ2) is 7.26. The molecule has 0 aliphatic carbocycles. The van der Waals surface area contributed by atoms with Crippen LogP contribution in [0.2, 0.25) is 0 Å². The molecule has 0 bridgehead atoms. The number of piperidine rings is 1. The van der Waals surface area contributed by atoms with Crippen LogP contribution in [0.15, 0.2) is 42.5 Å². The monoisotopic (exact) mass is 313 g/mol. The van der Waals surface area contributed by atoms with E-state index in [1.807, 2.05) is 25.1 Å². The maximum absolute atomic E-state index is 10.3. The molecule has 0 amide bonds. The summed E-state index contributed by atoms with van der Waals surface area (Å²) in [6.45, 7) is 5.43. The fourth-order valence-corrected chi connectivity index (χ4v) is 4.33. The van der Waals surface area contributed by atoms with Crippen LogP contribution in [0.4, 0.5) is 0 Å². The maximum atomic E-state index is 10.3. The summed E-state index contributed by atoms with van der Waals surface area (Å²) in [7, 11) is 0.515. The lowest BCUT2D eigenvalue weighted by molar-refractivity contribution is 0.221. The van der Waals surface area contributed by atoms with Gasteiger partial charge in [0.15, 0.2) is 0 Å². The van der Waals surface area contributed by atoms with Crippen molar-refractivity contribution in [1.29, 1.82) is 0 Å². The first-order chi connectivity index (χ1) is 10.7.